The molecular formula is C28H31Cl2N3O5S. The molecule has 3 rings (SSSR count). The van der Waals surface area contributed by atoms with Crippen molar-refractivity contribution in [2.45, 2.75) is 44.3 Å². The Morgan fingerprint density at radius 2 is 1.59 bits per heavy atom. The third-order valence-corrected chi connectivity index (χ3v) is 8.14. The zero-order valence-electron chi connectivity index (χ0n) is 22.1. The van der Waals surface area contributed by atoms with Crippen LogP contribution in [-0.2, 0) is 26.2 Å². The first-order chi connectivity index (χ1) is 18.4. The van der Waals surface area contributed by atoms with Crippen LogP contribution in [0.5, 0.6) is 5.75 Å². The summed E-state index contributed by atoms with van der Waals surface area (Å²) in [7, 11) is -2.68. The summed E-state index contributed by atoms with van der Waals surface area (Å²) >= 11 is 12.2. The molecule has 208 valence electrons. The molecule has 0 aliphatic rings. The van der Waals surface area contributed by atoms with E-state index in [1.165, 1.54) is 42.3 Å². The summed E-state index contributed by atoms with van der Waals surface area (Å²) in [5.41, 5.74) is 0.910. The lowest BCUT2D eigenvalue weighted by atomic mass is 10.1. The first kappa shape index (κ1) is 30.3. The Labute approximate surface area is 239 Å². The van der Waals surface area contributed by atoms with Gasteiger partial charge in [-0.15, -0.1) is 0 Å². The molecule has 0 radical (unpaired) electrons. The smallest absolute Gasteiger partial charge is 0.264 e. The lowest BCUT2D eigenvalue weighted by Crippen LogP contribution is -2.52. The van der Waals surface area contributed by atoms with E-state index >= 15 is 0 Å². The third kappa shape index (κ3) is 7.88. The minimum atomic E-state index is -4.22. The van der Waals surface area contributed by atoms with E-state index in [4.69, 9.17) is 27.9 Å². The van der Waals surface area contributed by atoms with E-state index in [1.807, 2.05) is 13.8 Å². The number of hydrogen-bond acceptors (Lipinski definition) is 5. The molecule has 0 fully saturated rings. The highest BCUT2D eigenvalue weighted by atomic mass is 35.5. The summed E-state index contributed by atoms with van der Waals surface area (Å²) in [6.45, 7) is 4.71. The van der Waals surface area contributed by atoms with Crippen molar-refractivity contribution in [2.75, 3.05) is 18.0 Å². The highest BCUT2D eigenvalue weighted by Gasteiger charge is 2.32. The molecule has 0 aliphatic heterocycles. The molecule has 39 heavy (non-hydrogen) atoms. The SMILES string of the molecule is COc1cccc(CN(C(=O)CN(c2cccc(Cl)c2)S(=O)(=O)c2ccc(Cl)cc2)[C@@H](C)C(=O)NC(C)C)c1. The Kier molecular flexibility index (Phi) is 10.2. The van der Waals surface area contributed by atoms with Gasteiger partial charge in [0.1, 0.15) is 18.3 Å². The largest absolute Gasteiger partial charge is 0.497 e. The maximum atomic E-state index is 13.9. The van der Waals surface area contributed by atoms with Crippen LogP contribution in [0.2, 0.25) is 10.0 Å². The number of rotatable bonds is 11. The van der Waals surface area contributed by atoms with Crippen LogP contribution in [0, 0.1) is 0 Å². The molecule has 2 amide bonds. The zero-order valence-corrected chi connectivity index (χ0v) is 24.4. The number of ether oxygens (including phenoxy) is 1. The van der Waals surface area contributed by atoms with Crippen LogP contribution in [-0.4, -0.2) is 50.9 Å². The normalized spacial score (nSPS) is 12.1. The molecule has 0 saturated carbocycles. The van der Waals surface area contributed by atoms with Gasteiger partial charge in [0, 0.05) is 22.6 Å². The molecule has 0 aliphatic carbocycles. The van der Waals surface area contributed by atoms with Crippen LogP contribution in [0.3, 0.4) is 0 Å². The van der Waals surface area contributed by atoms with Crippen molar-refractivity contribution in [1.29, 1.82) is 0 Å². The molecule has 0 spiro atoms. The monoisotopic (exact) mass is 591 g/mol. The second-order valence-corrected chi connectivity index (χ2v) is 11.9. The number of nitrogens with zero attached hydrogens (tertiary/aromatic N) is 2. The Hall–Kier alpha value is -3.27. The van der Waals surface area contributed by atoms with Crippen LogP contribution in [0.1, 0.15) is 26.3 Å². The van der Waals surface area contributed by atoms with Gasteiger partial charge in [-0.25, -0.2) is 8.42 Å². The standard InChI is InChI=1S/C28H31Cl2N3O5S/c1-19(2)31-28(35)20(3)32(17-21-7-5-10-25(15-21)38-4)27(34)18-33(24-9-6-8-23(30)16-24)39(36,37)26-13-11-22(29)12-14-26/h5-16,19-20H,17-18H2,1-4H3,(H,31,35)/t20-/m0/s1. The molecule has 0 saturated heterocycles. The number of nitrogens with one attached hydrogen (secondary N) is 1. The molecule has 0 bridgehead atoms. The lowest BCUT2D eigenvalue weighted by molar-refractivity contribution is -0.139. The van der Waals surface area contributed by atoms with Crippen LogP contribution < -0.4 is 14.4 Å². The van der Waals surface area contributed by atoms with E-state index in [1.54, 1.807) is 49.4 Å². The summed E-state index contributed by atoms with van der Waals surface area (Å²) < 4.78 is 33.8. The molecule has 3 aromatic rings. The fourth-order valence-corrected chi connectivity index (χ4v) is 5.57. The molecule has 1 N–H and O–H groups in total. The summed E-state index contributed by atoms with van der Waals surface area (Å²) in [4.78, 5) is 28.2. The highest BCUT2D eigenvalue weighted by Crippen LogP contribution is 2.27. The lowest BCUT2D eigenvalue weighted by Gasteiger charge is -2.32. The zero-order chi connectivity index (χ0) is 28.7. The Morgan fingerprint density at radius 1 is 0.923 bits per heavy atom. The van der Waals surface area contributed by atoms with Crippen molar-refractivity contribution in [3.05, 3.63) is 88.4 Å². The van der Waals surface area contributed by atoms with Crippen molar-refractivity contribution >= 4 is 50.7 Å². The summed E-state index contributed by atoms with van der Waals surface area (Å²) in [6, 6.07) is 17.9. The van der Waals surface area contributed by atoms with Gasteiger partial charge in [-0.1, -0.05) is 41.4 Å². The van der Waals surface area contributed by atoms with E-state index in [0.29, 0.717) is 21.4 Å². The van der Waals surface area contributed by atoms with E-state index in [0.717, 1.165) is 4.31 Å². The molecule has 1 atom stereocenters. The Bertz CT molecular complexity index is 1410. The topological polar surface area (TPSA) is 96.0 Å². The van der Waals surface area contributed by atoms with Crippen molar-refractivity contribution in [2.24, 2.45) is 0 Å². The number of carbonyl (C=O) groups is 2. The number of hydrogen-bond donors (Lipinski definition) is 1. The fourth-order valence-electron chi connectivity index (χ4n) is 3.85. The number of methoxy groups -OCH3 is 1. The third-order valence-electron chi connectivity index (χ3n) is 5.86. The molecule has 11 heteroatoms. The van der Waals surface area contributed by atoms with Gasteiger partial charge in [0.25, 0.3) is 10.0 Å². The van der Waals surface area contributed by atoms with E-state index in [-0.39, 0.29) is 29.1 Å². The highest BCUT2D eigenvalue weighted by molar-refractivity contribution is 7.92. The van der Waals surface area contributed by atoms with Gasteiger partial charge in [0.15, 0.2) is 0 Å². The molecule has 8 nitrogen and oxygen atoms in total. The van der Waals surface area contributed by atoms with Gasteiger partial charge in [-0.2, -0.15) is 0 Å². The minimum Gasteiger partial charge on any atom is -0.497 e. The van der Waals surface area contributed by atoms with Crippen LogP contribution in [0.25, 0.3) is 0 Å². The van der Waals surface area contributed by atoms with Gasteiger partial charge in [-0.05, 0) is 80.9 Å². The first-order valence-corrected chi connectivity index (χ1v) is 14.4. The van der Waals surface area contributed by atoms with Gasteiger partial charge >= 0.3 is 0 Å². The molecule has 0 heterocycles. The van der Waals surface area contributed by atoms with Crippen molar-refractivity contribution < 1.29 is 22.7 Å². The summed E-state index contributed by atoms with van der Waals surface area (Å²) in [5.74, 6) is -0.358. The summed E-state index contributed by atoms with van der Waals surface area (Å²) in [6.07, 6.45) is 0. The second-order valence-electron chi connectivity index (χ2n) is 9.16. The maximum absolute atomic E-state index is 13.9. The Balaban J connectivity index is 2.04. The number of benzene rings is 3. The van der Waals surface area contributed by atoms with Gasteiger partial charge in [0.05, 0.1) is 17.7 Å². The molecule has 3 aromatic carbocycles. The molecular weight excluding hydrogens is 561 g/mol. The number of carbonyl (C=O) groups excluding carboxylic acids is 2. The summed E-state index contributed by atoms with van der Waals surface area (Å²) in [5, 5.41) is 3.49. The van der Waals surface area contributed by atoms with Gasteiger partial charge in [0.2, 0.25) is 11.8 Å². The van der Waals surface area contributed by atoms with Crippen LogP contribution in [0.15, 0.2) is 77.7 Å². The van der Waals surface area contributed by atoms with Gasteiger partial charge < -0.3 is 15.0 Å². The van der Waals surface area contributed by atoms with E-state index in [2.05, 4.69) is 5.32 Å². The predicted molar refractivity (Wildman–Crippen MR) is 154 cm³/mol. The van der Waals surface area contributed by atoms with Gasteiger partial charge in [-0.3, -0.25) is 13.9 Å². The predicted octanol–water partition coefficient (Wildman–Crippen LogP) is 5.14. The van der Waals surface area contributed by atoms with Crippen molar-refractivity contribution in [3.8, 4) is 5.75 Å². The van der Waals surface area contributed by atoms with E-state index < -0.39 is 28.5 Å². The van der Waals surface area contributed by atoms with Crippen molar-refractivity contribution in [3.63, 3.8) is 0 Å². The number of amides is 2. The van der Waals surface area contributed by atoms with Crippen LogP contribution in [0.4, 0.5) is 5.69 Å². The average molecular weight is 593 g/mol. The fraction of sp³-hybridized carbons (Fsp3) is 0.286. The van der Waals surface area contributed by atoms with Crippen molar-refractivity contribution in [1.82, 2.24) is 10.2 Å². The number of sulfonamides is 1. The average Bonchev–Trinajstić information content (AvgIpc) is 2.89. The molecule has 0 unspecified atom stereocenters. The Morgan fingerprint density at radius 3 is 2.21 bits per heavy atom. The molecule has 0 aromatic heterocycles. The maximum Gasteiger partial charge on any atom is 0.264 e. The second kappa shape index (κ2) is 13.2. The quantitative estimate of drug-likeness (QED) is 0.333. The minimum absolute atomic E-state index is 0.0487. The van der Waals surface area contributed by atoms with E-state index in [9.17, 15) is 18.0 Å². The van der Waals surface area contributed by atoms with Crippen LogP contribution >= 0.6 is 23.2 Å². The first-order valence-electron chi connectivity index (χ1n) is 12.2. The number of anilines is 1. The number of halogens is 2.